The molecule has 2 heterocycles. The Balaban J connectivity index is 1.41. The van der Waals surface area contributed by atoms with Crippen molar-refractivity contribution in [3.63, 3.8) is 0 Å². The van der Waals surface area contributed by atoms with Gasteiger partial charge in [-0.05, 0) is 55.8 Å². The minimum Gasteiger partial charge on any atom is -0.491 e. The minimum absolute atomic E-state index is 0.471. The van der Waals surface area contributed by atoms with E-state index in [0.29, 0.717) is 12.5 Å². The molecule has 0 bridgehead atoms. The Kier molecular flexibility index (Phi) is 7.39. The molecule has 1 atom stereocenters. The molecule has 2 aliphatic rings. The molecule has 5 heteroatoms. The van der Waals surface area contributed by atoms with Crippen LogP contribution >= 0.6 is 0 Å². The van der Waals surface area contributed by atoms with Crippen molar-refractivity contribution in [3.05, 3.63) is 29.8 Å². The lowest BCUT2D eigenvalue weighted by molar-refractivity contribution is 0.280. The quantitative estimate of drug-likeness (QED) is 0.453. The van der Waals surface area contributed by atoms with Gasteiger partial charge in [-0.2, -0.15) is 0 Å². The van der Waals surface area contributed by atoms with E-state index in [1.54, 1.807) is 0 Å². The van der Waals surface area contributed by atoms with E-state index in [2.05, 4.69) is 52.2 Å². The molecule has 2 fully saturated rings. The Morgan fingerprint density at radius 1 is 1.22 bits per heavy atom. The highest BCUT2D eigenvalue weighted by Crippen LogP contribution is 2.25. The van der Waals surface area contributed by atoms with E-state index >= 15 is 0 Å². The highest BCUT2D eigenvalue weighted by Gasteiger charge is 2.27. The molecule has 0 aliphatic carbocycles. The molecular formula is C22H36N4O. The number of hydrogen-bond donors (Lipinski definition) is 1. The van der Waals surface area contributed by atoms with Crippen LogP contribution in [0, 0.1) is 5.92 Å². The van der Waals surface area contributed by atoms with Gasteiger partial charge in [-0.25, -0.2) is 0 Å². The summed E-state index contributed by atoms with van der Waals surface area (Å²) in [6.07, 6.45) is 4.02. The van der Waals surface area contributed by atoms with E-state index in [-0.39, 0.29) is 0 Å². The zero-order chi connectivity index (χ0) is 19.1. The number of benzene rings is 1. The summed E-state index contributed by atoms with van der Waals surface area (Å²) in [6.45, 7) is 11.9. The first-order chi connectivity index (χ1) is 13.2. The van der Waals surface area contributed by atoms with Crippen LogP contribution in [0.1, 0.15) is 44.6 Å². The SMILES string of the molecule is CN=C(NCCOc1ccccc1C(C)C)N1CCC(CN2CCCC2)C1. The van der Waals surface area contributed by atoms with E-state index in [0.717, 1.165) is 37.3 Å². The van der Waals surface area contributed by atoms with Crippen LogP contribution in [0.15, 0.2) is 29.3 Å². The van der Waals surface area contributed by atoms with E-state index in [1.807, 2.05) is 13.1 Å². The number of nitrogens with one attached hydrogen (secondary N) is 1. The van der Waals surface area contributed by atoms with E-state index in [4.69, 9.17) is 4.74 Å². The normalized spacial score (nSPS) is 21.3. The number of nitrogens with zero attached hydrogens (tertiary/aromatic N) is 3. The molecule has 150 valence electrons. The largest absolute Gasteiger partial charge is 0.491 e. The smallest absolute Gasteiger partial charge is 0.193 e. The maximum Gasteiger partial charge on any atom is 0.193 e. The van der Waals surface area contributed by atoms with Crippen LogP contribution < -0.4 is 10.1 Å². The molecule has 0 radical (unpaired) electrons. The van der Waals surface area contributed by atoms with E-state index in [9.17, 15) is 0 Å². The van der Waals surface area contributed by atoms with Crippen molar-refractivity contribution in [1.82, 2.24) is 15.1 Å². The molecular weight excluding hydrogens is 336 g/mol. The summed E-state index contributed by atoms with van der Waals surface area (Å²) in [4.78, 5) is 9.52. The van der Waals surface area contributed by atoms with Gasteiger partial charge in [0.05, 0.1) is 6.54 Å². The van der Waals surface area contributed by atoms with Crippen molar-refractivity contribution in [2.24, 2.45) is 10.9 Å². The highest BCUT2D eigenvalue weighted by molar-refractivity contribution is 5.80. The molecule has 1 aromatic rings. The first-order valence-corrected chi connectivity index (χ1v) is 10.6. The standard InChI is InChI=1S/C22H36N4O/c1-18(2)20-8-4-5-9-21(20)27-15-11-24-22(23-3)26-14-10-19(17-26)16-25-12-6-7-13-25/h4-5,8-9,18-19H,6-7,10-17H2,1-3H3,(H,23,24). The molecule has 1 unspecified atom stereocenters. The molecule has 0 amide bonds. The van der Waals surface area contributed by atoms with E-state index in [1.165, 1.54) is 44.5 Å². The second-order valence-corrected chi connectivity index (χ2v) is 8.12. The van der Waals surface area contributed by atoms with Crippen molar-refractivity contribution in [3.8, 4) is 5.75 Å². The second-order valence-electron chi connectivity index (χ2n) is 8.12. The summed E-state index contributed by atoms with van der Waals surface area (Å²) >= 11 is 0. The first kappa shape index (κ1) is 20.0. The van der Waals surface area contributed by atoms with Gasteiger partial charge >= 0.3 is 0 Å². The zero-order valence-electron chi connectivity index (χ0n) is 17.3. The van der Waals surface area contributed by atoms with Gasteiger partial charge in [0.1, 0.15) is 12.4 Å². The van der Waals surface area contributed by atoms with Gasteiger partial charge in [0, 0.05) is 26.7 Å². The molecule has 2 aliphatic heterocycles. The average Bonchev–Trinajstić information content (AvgIpc) is 3.35. The maximum absolute atomic E-state index is 6.02. The molecule has 5 nitrogen and oxygen atoms in total. The lowest BCUT2D eigenvalue weighted by Crippen LogP contribution is -2.42. The van der Waals surface area contributed by atoms with Crippen LogP contribution in [0.3, 0.4) is 0 Å². The summed E-state index contributed by atoms with van der Waals surface area (Å²) in [5.74, 6) is 3.26. The Bertz CT molecular complexity index is 610. The lowest BCUT2D eigenvalue weighted by atomic mass is 10.0. The van der Waals surface area contributed by atoms with Crippen molar-refractivity contribution in [2.75, 3.05) is 52.9 Å². The third kappa shape index (κ3) is 5.61. The molecule has 0 spiro atoms. The van der Waals surface area contributed by atoms with Gasteiger partial charge in [0.25, 0.3) is 0 Å². The first-order valence-electron chi connectivity index (χ1n) is 10.6. The number of likely N-dealkylation sites (tertiary alicyclic amines) is 2. The Morgan fingerprint density at radius 3 is 2.74 bits per heavy atom. The third-order valence-corrected chi connectivity index (χ3v) is 5.70. The summed E-state index contributed by atoms with van der Waals surface area (Å²) in [7, 11) is 1.88. The lowest BCUT2D eigenvalue weighted by Gasteiger charge is -2.23. The van der Waals surface area contributed by atoms with E-state index < -0.39 is 0 Å². The topological polar surface area (TPSA) is 40.1 Å². The van der Waals surface area contributed by atoms with Gasteiger partial charge in [-0.3, -0.25) is 4.99 Å². The van der Waals surface area contributed by atoms with Crippen molar-refractivity contribution in [2.45, 2.75) is 39.0 Å². The molecule has 1 N–H and O–H groups in total. The highest BCUT2D eigenvalue weighted by atomic mass is 16.5. The molecule has 27 heavy (non-hydrogen) atoms. The Morgan fingerprint density at radius 2 is 2.00 bits per heavy atom. The van der Waals surface area contributed by atoms with Crippen LogP contribution in [0.25, 0.3) is 0 Å². The molecule has 0 aromatic heterocycles. The minimum atomic E-state index is 0.471. The fourth-order valence-corrected chi connectivity index (χ4v) is 4.25. The van der Waals surface area contributed by atoms with Crippen LogP contribution in [0.2, 0.25) is 0 Å². The number of guanidine groups is 1. The predicted octanol–water partition coefficient (Wildman–Crippen LogP) is 3.18. The molecule has 2 saturated heterocycles. The predicted molar refractivity (Wildman–Crippen MR) is 113 cm³/mol. The van der Waals surface area contributed by atoms with Crippen LogP contribution in [0.5, 0.6) is 5.75 Å². The van der Waals surface area contributed by atoms with Gasteiger partial charge in [0.15, 0.2) is 5.96 Å². The number of hydrogen-bond acceptors (Lipinski definition) is 3. The van der Waals surface area contributed by atoms with Crippen LogP contribution in [-0.2, 0) is 0 Å². The van der Waals surface area contributed by atoms with Gasteiger partial charge in [-0.15, -0.1) is 0 Å². The summed E-state index contributed by atoms with van der Waals surface area (Å²) < 4.78 is 6.02. The summed E-state index contributed by atoms with van der Waals surface area (Å²) in [5.41, 5.74) is 1.27. The summed E-state index contributed by atoms with van der Waals surface area (Å²) in [6, 6.07) is 8.33. The van der Waals surface area contributed by atoms with Crippen molar-refractivity contribution in [1.29, 1.82) is 0 Å². The Hall–Kier alpha value is -1.75. The average molecular weight is 373 g/mol. The van der Waals surface area contributed by atoms with Crippen molar-refractivity contribution < 1.29 is 4.74 Å². The number of ether oxygens (including phenoxy) is 1. The van der Waals surface area contributed by atoms with Gasteiger partial charge in [0.2, 0.25) is 0 Å². The van der Waals surface area contributed by atoms with Crippen molar-refractivity contribution >= 4 is 5.96 Å². The fourth-order valence-electron chi connectivity index (χ4n) is 4.25. The zero-order valence-corrected chi connectivity index (χ0v) is 17.3. The number of para-hydroxylation sites is 1. The fraction of sp³-hybridized carbons (Fsp3) is 0.682. The molecule has 1 aromatic carbocycles. The van der Waals surface area contributed by atoms with Gasteiger partial charge < -0.3 is 19.9 Å². The molecule has 3 rings (SSSR count). The summed E-state index contributed by atoms with van der Waals surface area (Å²) in [5, 5.41) is 3.48. The monoisotopic (exact) mass is 372 g/mol. The molecule has 0 saturated carbocycles. The number of rotatable bonds is 7. The van der Waals surface area contributed by atoms with Crippen LogP contribution in [0.4, 0.5) is 0 Å². The maximum atomic E-state index is 6.02. The Labute approximate surface area is 164 Å². The third-order valence-electron chi connectivity index (χ3n) is 5.70. The van der Waals surface area contributed by atoms with Gasteiger partial charge in [-0.1, -0.05) is 32.0 Å². The second kappa shape index (κ2) is 9.98. The van der Waals surface area contributed by atoms with Crippen LogP contribution in [-0.4, -0.2) is 68.7 Å². The number of aliphatic imine (C=N–C) groups is 1.